The van der Waals surface area contributed by atoms with E-state index in [2.05, 4.69) is 9.97 Å². The zero-order chi connectivity index (χ0) is 17.6. The summed E-state index contributed by atoms with van der Waals surface area (Å²) in [7, 11) is 1.63. The molecule has 0 saturated carbocycles. The number of hydrogen-bond acceptors (Lipinski definition) is 5. The van der Waals surface area contributed by atoms with Crippen molar-refractivity contribution in [1.29, 1.82) is 0 Å². The molecule has 3 rings (SSSR count). The van der Waals surface area contributed by atoms with Gasteiger partial charge in [0, 0.05) is 38.2 Å². The Morgan fingerprint density at radius 1 is 1.20 bits per heavy atom. The maximum absolute atomic E-state index is 12.5. The lowest BCUT2D eigenvalue weighted by molar-refractivity contribution is -0.132. The lowest BCUT2D eigenvalue weighted by Crippen LogP contribution is -2.42. The quantitative estimate of drug-likeness (QED) is 0.836. The number of likely N-dealkylation sites (tertiary alicyclic amines) is 1. The molecule has 0 aliphatic carbocycles. The van der Waals surface area contributed by atoms with Gasteiger partial charge in [-0.05, 0) is 24.6 Å². The minimum absolute atomic E-state index is 0.0966. The molecule has 6 nitrogen and oxygen atoms in total. The fourth-order valence-corrected chi connectivity index (χ4v) is 2.92. The first-order valence-electron chi connectivity index (χ1n) is 8.51. The van der Waals surface area contributed by atoms with Gasteiger partial charge in [0.1, 0.15) is 17.7 Å². The van der Waals surface area contributed by atoms with E-state index in [0.717, 1.165) is 24.2 Å². The summed E-state index contributed by atoms with van der Waals surface area (Å²) in [5.74, 6) is 2.26. The number of carbonyl (C=O) groups is 1. The second kappa shape index (κ2) is 7.96. The van der Waals surface area contributed by atoms with Gasteiger partial charge in [0.25, 0.3) is 0 Å². The largest absolute Gasteiger partial charge is 0.497 e. The van der Waals surface area contributed by atoms with Crippen LogP contribution in [-0.2, 0) is 11.2 Å². The highest BCUT2D eigenvalue weighted by atomic mass is 16.5. The Bertz CT molecular complexity index is 710. The number of nitrogens with zero attached hydrogens (tertiary/aromatic N) is 3. The van der Waals surface area contributed by atoms with Gasteiger partial charge in [-0.1, -0.05) is 12.1 Å². The number of benzene rings is 1. The van der Waals surface area contributed by atoms with E-state index in [9.17, 15) is 4.79 Å². The van der Waals surface area contributed by atoms with Crippen molar-refractivity contribution >= 4 is 5.91 Å². The van der Waals surface area contributed by atoms with E-state index < -0.39 is 0 Å². The van der Waals surface area contributed by atoms with Crippen LogP contribution in [-0.4, -0.2) is 47.1 Å². The molecule has 1 amide bonds. The van der Waals surface area contributed by atoms with Gasteiger partial charge >= 0.3 is 0 Å². The summed E-state index contributed by atoms with van der Waals surface area (Å²) in [4.78, 5) is 22.7. The van der Waals surface area contributed by atoms with Crippen molar-refractivity contribution in [2.45, 2.75) is 32.3 Å². The topological polar surface area (TPSA) is 64.5 Å². The van der Waals surface area contributed by atoms with E-state index in [1.165, 1.54) is 0 Å². The Morgan fingerprint density at radius 2 is 1.92 bits per heavy atom. The van der Waals surface area contributed by atoms with Crippen LogP contribution < -0.4 is 9.47 Å². The van der Waals surface area contributed by atoms with Crippen LogP contribution in [0, 0.1) is 6.92 Å². The number of aryl methyl sites for hydroxylation is 1. The van der Waals surface area contributed by atoms with Gasteiger partial charge in [0.15, 0.2) is 0 Å². The summed E-state index contributed by atoms with van der Waals surface area (Å²) in [6.07, 6.45) is 3.85. The lowest BCUT2D eigenvalue weighted by atomic mass is 10.1. The molecule has 0 N–H and O–H groups in total. The molecule has 2 heterocycles. The van der Waals surface area contributed by atoms with Gasteiger partial charge in [-0.2, -0.15) is 4.98 Å². The third-order valence-corrected chi connectivity index (χ3v) is 4.35. The number of hydrogen-bond donors (Lipinski definition) is 0. The van der Waals surface area contributed by atoms with Crippen LogP contribution in [0.4, 0.5) is 0 Å². The van der Waals surface area contributed by atoms with E-state index in [1.807, 2.05) is 36.1 Å². The second-order valence-corrected chi connectivity index (χ2v) is 6.16. The summed E-state index contributed by atoms with van der Waals surface area (Å²) in [6.45, 7) is 3.26. The van der Waals surface area contributed by atoms with Crippen LogP contribution >= 0.6 is 0 Å². The zero-order valence-electron chi connectivity index (χ0n) is 14.6. The molecular weight excluding hydrogens is 318 g/mol. The third-order valence-electron chi connectivity index (χ3n) is 4.35. The summed E-state index contributed by atoms with van der Waals surface area (Å²) in [6, 6.07) is 9.40. The van der Waals surface area contributed by atoms with Crippen LogP contribution in [0.15, 0.2) is 36.5 Å². The fourth-order valence-electron chi connectivity index (χ4n) is 2.92. The van der Waals surface area contributed by atoms with Crippen molar-refractivity contribution in [2.75, 3.05) is 20.2 Å². The minimum Gasteiger partial charge on any atom is -0.497 e. The van der Waals surface area contributed by atoms with Crippen LogP contribution in [0.3, 0.4) is 0 Å². The van der Waals surface area contributed by atoms with Crippen molar-refractivity contribution < 1.29 is 14.3 Å². The SMILES string of the molecule is COc1ccc(CC(=O)N2CCC(Oc3ccnc(C)n3)CC2)cc1. The molecule has 0 radical (unpaired) electrons. The van der Waals surface area contributed by atoms with E-state index >= 15 is 0 Å². The number of rotatable bonds is 5. The predicted octanol–water partition coefficient (Wildman–Crippen LogP) is 2.41. The monoisotopic (exact) mass is 341 g/mol. The van der Waals surface area contributed by atoms with Crippen LogP contribution in [0.5, 0.6) is 11.6 Å². The molecule has 25 heavy (non-hydrogen) atoms. The maximum atomic E-state index is 12.5. The molecule has 2 aromatic rings. The molecule has 6 heteroatoms. The van der Waals surface area contributed by atoms with Crippen molar-refractivity contribution in [1.82, 2.24) is 14.9 Å². The normalized spacial score (nSPS) is 15.0. The number of amides is 1. The number of aromatic nitrogens is 2. The lowest BCUT2D eigenvalue weighted by Gasteiger charge is -2.32. The average molecular weight is 341 g/mol. The Morgan fingerprint density at radius 3 is 2.56 bits per heavy atom. The molecule has 1 aliphatic heterocycles. The van der Waals surface area contributed by atoms with Crippen LogP contribution in [0.2, 0.25) is 0 Å². The van der Waals surface area contributed by atoms with Crippen molar-refractivity contribution in [2.24, 2.45) is 0 Å². The average Bonchev–Trinajstić information content (AvgIpc) is 2.63. The molecule has 0 atom stereocenters. The first-order valence-corrected chi connectivity index (χ1v) is 8.51. The van der Waals surface area contributed by atoms with Crippen LogP contribution in [0.1, 0.15) is 24.2 Å². The molecule has 0 bridgehead atoms. The Labute approximate surface area is 147 Å². The molecule has 1 fully saturated rings. The van der Waals surface area contributed by atoms with E-state index in [0.29, 0.717) is 31.2 Å². The highest BCUT2D eigenvalue weighted by Gasteiger charge is 2.24. The Balaban J connectivity index is 1.48. The summed E-state index contributed by atoms with van der Waals surface area (Å²) in [5.41, 5.74) is 1.00. The highest BCUT2D eigenvalue weighted by molar-refractivity contribution is 5.78. The zero-order valence-corrected chi connectivity index (χ0v) is 14.6. The number of methoxy groups -OCH3 is 1. The van der Waals surface area contributed by atoms with Gasteiger partial charge in [-0.25, -0.2) is 4.98 Å². The van der Waals surface area contributed by atoms with E-state index in [-0.39, 0.29) is 12.0 Å². The van der Waals surface area contributed by atoms with Crippen molar-refractivity contribution in [3.05, 3.63) is 47.9 Å². The summed E-state index contributed by atoms with van der Waals surface area (Å²) in [5, 5.41) is 0. The van der Waals surface area contributed by atoms with E-state index in [4.69, 9.17) is 9.47 Å². The van der Waals surface area contributed by atoms with Gasteiger partial charge < -0.3 is 14.4 Å². The predicted molar refractivity (Wildman–Crippen MR) is 93.7 cm³/mol. The molecule has 1 saturated heterocycles. The molecular formula is C19H23N3O3. The minimum atomic E-state index is 0.0966. The Kier molecular flexibility index (Phi) is 5.48. The van der Waals surface area contributed by atoms with Crippen molar-refractivity contribution in [3.8, 4) is 11.6 Å². The fraction of sp³-hybridized carbons (Fsp3) is 0.421. The molecule has 1 aromatic heterocycles. The first-order chi connectivity index (χ1) is 12.1. The third kappa shape index (κ3) is 4.68. The molecule has 0 spiro atoms. The summed E-state index contributed by atoms with van der Waals surface area (Å²) >= 11 is 0. The number of ether oxygens (including phenoxy) is 2. The standard InChI is InChI=1S/C19H23N3O3/c1-14-20-10-7-18(21-14)25-17-8-11-22(12-9-17)19(23)13-15-3-5-16(24-2)6-4-15/h3-7,10,17H,8-9,11-13H2,1-2H3. The van der Waals surface area contributed by atoms with E-state index in [1.54, 1.807) is 19.4 Å². The number of piperidine rings is 1. The molecule has 1 aliphatic rings. The molecule has 132 valence electrons. The Hall–Kier alpha value is -2.63. The first kappa shape index (κ1) is 17.2. The van der Waals surface area contributed by atoms with Gasteiger partial charge in [-0.3, -0.25) is 4.79 Å². The van der Waals surface area contributed by atoms with Gasteiger partial charge in [-0.15, -0.1) is 0 Å². The van der Waals surface area contributed by atoms with Crippen molar-refractivity contribution in [3.63, 3.8) is 0 Å². The molecule has 0 unspecified atom stereocenters. The second-order valence-electron chi connectivity index (χ2n) is 6.16. The molecule has 1 aromatic carbocycles. The maximum Gasteiger partial charge on any atom is 0.226 e. The summed E-state index contributed by atoms with van der Waals surface area (Å²) < 4.78 is 11.0. The smallest absolute Gasteiger partial charge is 0.226 e. The number of carbonyl (C=O) groups excluding carboxylic acids is 1. The van der Waals surface area contributed by atoms with Crippen LogP contribution in [0.25, 0.3) is 0 Å². The van der Waals surface area contributed by atoms with Gasteiger partial charge in [0.05, 0.1) is 13.5 Å². The highest BCUT2D eigenvalue weighted by Crippen LogP contribution is 2.18. The van der Waals surface area contributed by atoms with Gasteiger partial charge in [0.2, 0.25) is 11.8 Å².